The van der Waals surface area contributed by atoms with E-state index < -0.39 is 11.7 Å². The molecule has 3 rings (SSSR count). The molecule has 29 heavy (non-hydrogen) atoms. The van der Waals surface area contributed by atoms with E-state index in [4.69, 9.17) is 9.47 Å². The number of methoxy groups -OCH3 is 1. The van der Waals surface area contributed by atoms with Crippen LogP contribution in [0.1, 0.15) is 37.7 Å². The number of amides is 2. The molecule has 0 saturated carbocycles. The molecule has 2 heterocycles. The van der Waals surface area contributed by atoms with Crippen LogP contribution in [0.5, 0.6) is 5.75 Å². The first-order valence-corrected chi connectivity index (χ1v) is 10.5. The zero-order valence-electron chi connectivity index (χ0n) is 17.2. The number of thiazole rings is 1. The third-order valence-corrected chi connectivity index (χ3v) is 5.44. The molecule has 0 spiro atoms. The van der Waals surface area contributed by atoms with Crippen molar-refractivity contribution in [3.05, 3.63) is 35.3 Å². The van der Waals surface area contributed by atoms with E-state index in [1.165, 1.54) is 11.3 Å². The number of likely N-dealkylation sites (tertiary alicyclic amines) is 1. The smallest absolute Gasteiger partial charge is 0.407 e. The summed E-state index contributed by atoms with van der Waals surface area (Å²) in [4.78, 5) is 31.0. The number of ether oxygens (including phenoxy) is 2. The highest BCUT2D eigenvalue weighted by molar-refractivity contribution is 7.13. The van der Waals surface area contributed by atoms with Crippen LogP contribution in [-0.2, 0) is 4.74 Å². The molecule has 0 bridgehead atoms. The second kappa shape index (κ2) is 8.82. The molecule has 8 heteroatoms. The quantitative estimate of drug-likeness (QED) is 0.800. The normalized spacial score (nSPS) is 16.6. The number of rotatable bonds is 5. The third kappa shape index (κ3) is 5.47. The van der Waals surface area contributed by atoms with Gasteiger partial charge in [0.1, 0.15) is 22.1 Å². The lowest BCUT2D eigenvalue weighted by Crippen LogP contribution is -2.36. The molecule has 2 aromatic rings. The summed E-state index contributed by atoms with van der Waals surface area (Å²) in [5.41, 5.74) is 0.794. The Hall–Kier alpha value is -2.61. The molecule has 1 fully saturated rings. The lowest BCUT2D eigenvalue weighted by molar-refractivity contribution is 0.0520. The summed E-state index contributed by atoms with van der Waals surface area (Å²) in [5.74, 6) is 0.858. The molecule has 1 aromatic carbocycles. The standard InChI is InChI=1S/C21H27N3O4S/c1-21(2,3)28-20(26)22-11-14-9-10-24(12-14)19(25)16-13-29-18(23-16)15-7-5-6-8-17(15)27-4/h5-8,13-14H,9-12H2,1-4H3,(H,22,26)/t14-/m0/s1. The fraction of sp³-hybridized carbons (Fsp3) is 0.476. The summed E-state index contributed by atoms with van der Waals surface area (Å²) in [6.07, 6.45) is 0.411. The lowest BCUT2D eigenvalue weighted by atomic mass is 10.1. The van der Waals surface area contributed by atoms with E-state index in [1.54, 1.807) is 17.4 Å². The van der Waals surface area contributed by atoms with Crippen molar-refractivity contribution in [3.63, 3.8) is 0 Å². The number of hydrogen-bond donors (Lipinski definition) is 1. The second-order valence-corrected chi connectivity index (χ2v) is 8.88. The first-order valence-electron chi connectivity index (χ1n) is 9.62. The van der Waals surface area contributed by atoms with E-state index in [9.17, 15) is 9.59 Å². The predicted octanol–water partition coefficient (Wildman–Crippen LogP) is 3.81. The minimum absolute atomic E-state index is 0.0813. The molecule has 156 valence electrons. The molecule has 1 N–H and O–H groups in total. The summed E-state index contributed by atoms with van der Waals surface area (Å²) < 4.78 is 10.6. The van der Waals surface area contributed by atoms with Crippen LogP contribution in [0.15, 0.2) is 29.6 Å². The highest BCUT2D eigenvalue weighted by Gasteiger charge is 2.29. The van der Waals surface area contributed by atoms with Crippen LogP contribution in [0.4, 0.5) is 4.79 Å². The van der Waals surface area contributed by atoms with Gasteiger partial charge in [-0.2, -0.15) is 0 Å². The van der Waals surface area contributed by atoms with Gasteiger partial charge in [-0.25, -0.2) is 9.78 Å². The fourth-order valence-corrected chi connectivity index (χ4v) is 4.03. The van der Waals surface area contributed by atoms with Crippen LogP contribution >= 0.6 is 11.3 Å². The summed E-state index contributed by atoms with van der Waals surface area (Å²) >= 11 is 1.43. The SMILES string of the molecule is COc1ccccc1-c1nc(C(=O)N2CC[C@@H](CNC(=O)OC(C)(C)C)C2)cs1. The average molecular weight is 418 g/mol. The van der Waals surface area contributed by atoms with Crippen molar-refractivity contribution in [2.45, 2.75) is 32.8 Å². The van der Waals surface area contributed by atoms with Crippen molar-refractivity contribution in [2.24, 2.45) is 5.92 Å². The van der Waals surface area contributed by atoms with Gasteiger partial charge in [0.15, 0.2) is 0 Å². The van der Waals surface area contributed by atoms with Gasteiger partial charge in [-0.05, 0) is 45.2 Å². The van der Waals surface area contributed by atoms with Gasteiger partial charge < -0.3 is 19.7 Å². The maximum Gasteiger partial charge on any atom is 0.407 e. The van der Waals surface area contributed by atoms with E-state index in [-0.39, 0.29) is 11.8 Å². The van der Waals surface area contributed by atoms with Crippen molar-refractivity contribution in [2.75, 3.05) is 26.7 Å². The van der Waals surface area contributed by atoms with Crippen LogP contribution in [0.3, 0.4) is 0 Å². The van der Waals surface area contributed by atoms with Crippen molar-refractivity contribution in [3.8, 4) is 16.3 Å². The maximum absolute atomic E-state index is 12.8. The third-order valence-electron chi connectivity index (χ3n) is 4.57. The van der Waals surface area contributed by atoms with E-state index in [0.717, 1.165) is 22.7 Å². The largest absolute Gasteiger partial charge is 0.496 e. The van der Waals surface area contributed by atoms with Gasteiger partial charge in [0.05, 0.1) is 12.7 Å². The summed E-state index contributed by atoms with van der Waals surface area (Å²) in [5, 5.41) is 5.34. The Labute approximate surface area is 175 Å². The molecule has 0 unspecified atom stereocenters. The first kappa shape index (κ1) is 21.1. The molecule has 7 nitrogen and oxygen atoms in total. The van der Waals surface area contributed by atoms with Gasteiger partial charge in [-0.3, -0.25) is 4.79 Å². The number of nitrogens with zero attached hydrogens (tertiary/aromatic N) is 2. The minimum Gasteiger partial charge on any atom is -0.496 e. The van der Waals surface area contributed by atoms with Crippen molar-refractivity contribution in [1.29, 1.82) is 0 Å². The number of nitrogens with one attached hydrogen (secondary N) is 1. The van der Waals surface area contributed by atoms with Gasteiger partial charge in [0, 0.05) is 25.0 Å². The van der Waals surface area contributed by atoms with E-state index >= 15 is 0 Å². The number of aromatic nitrogens is 1. The van der Waals surface area contributed by atoms with Gasteiger partial charge in [-0.1, -0.05) is 12.1 Å². The Morgan fingerprint density at radius 3 is 2.79 bits per heavy atom. The molecular formula is C21H27N3O4S. The Kier molecular flexibility index (Phi) is 6.42. The zero-order chi connectivity index (χ0) is 21.0. The van der Waals surface area contributed by atoms with Gasteiger partial charge in [0.2, 0.25) is 0 Å². The lowest BCUT2D eigenvalue weighted by Gasteiger charge is -2.20. The highest BCUT2D eigenvalue weighted by Crippen LogP contribution is 2.32. The van der Waals surface area contributed by atoms with Crippen molar-refractivity contribution in [1.82, 2.24) is 15.2 Å². The summed E-state index contributed by atoms with van der Waals surface area (Å²) in [6.45, 7) is 7.22. The molecule has 1 aliphatic rings. The van der Waals surface area contributed by atoms with Crippen molar-refractivity contribution < 1.29 is 19.1 Å². The van der Waals surface area contributed by atoms with E-state index in [2.05, 4.69) is 10.3 Å². The second-order valence-electron chi connectivity index (χ2n) is 8.03. The fourth-order valence-electron chi connectivity index (χ4n) is 3.20. The number of carbonyl (C=O) groups excluding carboxylic acids is 2. The molecular weight excluding hydrogens is 390 g/mol. The van der Waals surface area contributed by atoms with Crippen LogP contribution in [0, 0.1) is 5.92 Å². The molecule has 1 saturated heterocycles. The van der Waals surface area contributed by atoms with Crippen LogP contribution in [0.25, 0.3) is 10.6 Å². The van der Waals surface area contributed by atoms with Gasteiger partial charge in [-0.15, -0.1) is 11.3 Å². The number of benzene rings is 1. The molecule has 0 radical (unpaired) electrons. The predicted molar refractivity (Wildman–Crippen MR) is 112 cm³/mol. The number of carbonyl (C=O) groups is 2. The molecule has 1 atom stereocenters. The van der Waals surface area contributed by atoms with Gasteiger partial charge >= 0.3 is 6.09 Å². The van der Waals surface area contributed by atoms with Crippen LogP contribution in [-0.4, -0.2) is 54.2 Å². The van der Waals surface area contributed by atoms with Gasteiger partial charge in [0.25, 0.3) is 5.91 Å². The number of hydrogen-bond acceptors (Lipinski definition) is 6. The molecule has 1 aliphatic heterocycles. The zero-order valence-corrected chi connectivity index (χ0v) is 18.0. The Morgan fingerprint density at radius 1 is 1.31 bits per heavy atom. The monoisotopic (exact) mass is 417 g/mol. The average Bonchev–Trinajstić information content (AvgIpc) is 3.34. The van der Waals surface area contributed by atoms with E-state index in [1.807, 2.05) is 45.0 Å². The van der Waals surface area contributed by atoms with Crippen LogP contribution in [0.2, 0.25) is 0 Å². The summed E-state index contributed by atoms with van der Waals surface area (Å²) in [7, 11) is 1.62. The first-order chi connectivity index (χ1) is 13.8. The topological polar surface area (TPSA) is 80.8 Å². The highest BCUT2D eigenvalue weighted by atomic mass is 32.1. The number of para-hydroxylation sites is 1. The van der Waals surface area contributed by atoms with E-state index in [0.29, 0.717) is 25.3 Å². The Balaban J connectivity index is 1.57. The number of alkyl carbamates (subject to hydrolysis) is 1. The molecule has 1 aromatic heterocycles. The molecule has 0 aliphatic carbocycles. The maximum atomic E-state index is 12.8. The van der Waals surface area contributed by atoms with Crippen LogP contribution < -0.4 is 10.1 Å². The molecule has 2 amide bonds. The van der Waals surface area contributed by atoms with Crippen molar-refractivity contribution >= 4 is 23.3 Å². The Morgan fingerprint density at radius 2 is 2.07 bits per heavy atom. The Bertz CT molecular complexity index is 875. The summed E-state index contributed by atoms with van der Waals surface area (Å²) in [6, 6.07) is 7.63. The minimum atomic E-state index is -0.522.